The molecule has 1 aromatic heterocycles. The average molecular weight is 253 g/mol. The molecule has 5 heteroatoms. The minimum atomic E-state index is -0.171. The van der Waals surface area contributed by atoms with Gasteiger partial charge in [0.15, 0.2) is 5.75 Å². The van der Waals surface area contributed by atoms with Gasteiger partial charge >= 0.3 is 0 Å². The van der Waals surface area contributed by atoms with Crippen LogP contribution >= 0.6 is 0 Å². The van der Waals surface area contributed by atoms with E-state index in [9.17, 15) is 0 Å². The van der Waals surface area contributed by atoms with E-state index in [-0.39, 0.29) is 12.1 Å². The Morgan fingerprint density at radius 3 is 2.72 bits per heavy atom. The Kier molecular flexibility index (Phi) is 4.24. The molecule has 0 bridgehead atoms. The maximum atomic E-state index is 6.40. The van der Waals surface area contributed by atoms with Crippen LogP contribution in [-0.2, 0) is 11.3 Å². The zero-order valence-corrected chi connectivity index (χ0v) is 11.4. The third kappa shape index (κ3) is 2.52. The highest BCUT2D eigenvalue weighted by molar-refractivity contribution is 5.29. The second-order valence-electron chi connectivity index (χ2n) is 4.70. The minimum absolute atomic E-state index is 0.0749. The molecule has 2 atom stereocenters. The molecule has 2 rings (SSSR count). The van der Waals surface area contributed by atoms with Gasteiger partial charge in [0, 0.05) is 13.2 Å². The summed E-state index contributed by atoms with van der Waals surface area (Å²) in [4.78, 5) is 0. The number of aryl methyl sites for hydroxylation is 1. The summed E-state index contributed by atoms with van der Waals surface area (Å²) in [6.07, 6.45) is 4.22. The van der Waals surface area contributed by atoms with Gasteiger partial charge in [-0.1, -0.05) is 0 Å². The van der Waals surface area contributed by atoms with E-state index in [2.05, 4.69) is 12.0 Å². The van der Waals surface area contributed by atoms with E-state index >= 15 is 0 Å². The lowest BCUT2D eigenvalue weighted by Gasteiger charge is -2.25. The van der Waals surface area contributed by atoms with Gasteiger partial charge in [0.25, 0.3) is 0 Å². The van der Waals surface area contributed by atoms with Gasteiger partial charge < -0.3 is 15.2 Å². The molecule has 1 aliphatic rings. The molecule has 1 fully saturated rings. The third-order valence-electron chi connectivity index (χ3n) is 3.48. The Morgan fingerprint density at radius 1 is 1.50 bits per heavy atom. The Hall–Kier alpha value is -1.07. The second kappa shape index (κ2) is 5.71. The Morgan fingerprint density at radius 2 is 2.22 bits per heavy atom. The molecule has 1 aromatic rings. The molecule has 1 aliphatic carbocycles. The van der Waals surface area contributed by atoms with Gasteiger partial charge in [-0.15, -0.1) is 0 Å². The molecule has 0 radical (unpaired) electrons. The highest BCUT2D eigenvalue weighted by atomic mass is 16.5. The van der Waals surface area contributed by atoms with Crippen LogP contribution in [0.1, 0.15) is 38.4 Å². The predicted octanol–water partition coefficient (Wildman–Crippen LogP) is 1.73. The maximum absolute atomic E-state index is 6.40. The van der Waals surface area contributed by atoms with Crippen LogP contribution in [0.25, 0.3) is 0 Å². The maximum Gasteiger partial charge on any atom is 0.161 e. The van der Waals surface area contributed by atoms with E-state index in [1.165, 1.54) is 12.8 Å². The molecule has 0 amide bonds. The first-order valence-corrected chi connectivity index (χ1v) is 6.69. The highest BCUT2D eigenvalue weighted by Gasteiger charge is 2.38. The number of ether oxygens (including phenoxy) is 2. The van der Waals surface area contributed by atoms with Crippen LogP contribution in [0.5, 0.6) is 5.75 Å². The standard InChI is InChI=1S/C13H23N3O2/c1-4-16-12(10(17-3)8-15-16)11(14)13(18-5-2)9-6-7-9/h8-9,11,13H,4-7,14H2,1-3H3. The average Bonchev–Trinajstić information content (AvgIpc) is 3.13. The number of hydrogen-bond acceptors (Lipinski definition) is 4. The lowest BCUT2D eigenvalue weighted by molar-refractivity contribution is 0.0258. The Balaban J connectivity index is 2.24. The van der Waals surface area contributed by atoms with Crippen molar-refractivity contribution in [2.75, 3.05) is 13.7 Å². The van der Waals surface area contributed by atoms with Gasteiger partial charge in [-0.05, 0) is 32.6 Å². The number of nitrogens with two attached hydrogens (primary N) is 1. The molecule has 0 aromatic carbocycles. The van der Waals surface area contributed by atoms with Crippen molar-refractivity contribution < 1.29 is 9.47 Å². The van der Waals surface area contributed by atoms with Crippen molar-refractivity contribution in [3.63, 3.8) is 0 Å². The summed E-state index contributed by atoms with van der Waals surface area (Å²) < 4.78 is 13.1. The first-order valence-electron chi connectivity index (χ1n) is 6.69. The SMILES string of the molecule is CCOC(C1CC1)C(N)c1c(OC)cnn1CC. The molecule has 0 aliphatic heterocycles. The largest absolute Gasteiger partial charge is 0.493 e. The molecule has 102 valence electrons. The Labute approximate surface area is 108 Å². The van der Waals surface area contributed by atoms with Crippen LogP contribution in [0, 0.1) is 5.92 Å². The topological polar surface area (TPSA) is 62.3 Å². The van der Waals surface area contributed by atoms with Gasteiger partial charge in [-0.25, -0.2) is 0 Å². The van der Waals surface area contributed by atoms with Crippen molar-refractivity contribution >= 4 is 0 Å². The molecule has 18 heavy (non-hydrogen) atoms. The van der Waals surface area contributed by atoms with E-state index in [1.807, 2.05) is 11.6 Å². The van der Waals surface area contributed by atoms with E-state index in [0.29, 0.717) is 12.5 Å². The Bertz CT molecular complexity index is 366. The van der Waals surface area contributed by atoms with Crippen molar-refractivity contribution in [3.05, 3.63) is 11.9 Å². The predicted molar refractivity (Wildman–Crippen MR) is 69.5 cm³/mol. The molecule has 1 saturated carbocycles. The normalized spacial score (nSPS) is 18.7. The monoisotopic (exact) mass is 253 g/mol. The molecule has 2 N–H and O–H groups in total. The van der Waals surface area contributed by atoms with Gasteiger partial charge in [0.1, 0.15) is 0 Å². The van der Waals surface area contributed by atoms with E-state index in [0.717, 1.165) is 18.0 Å². The summed E-state index contributed by atoms with van der Waals surface area (Å²) in [5.74, 6) is 1.35. The fourth-order valence-corrected chi connectivity index (χ4v) is 2.43. The first-order chi connectivity index (χ1) is 8.72. The molecule has 2 unspecified atom stereocenters. The molecule has 1 heterocycles. The number of hydrogen-bond donors (Lipinski definition) is 1. The van der Waals surface area contributed by atoms with Gasteiger partial charge in [0.05, 0.1) is 31.1 Å². The second-order valence-corrected chi connectivity index (χ2v) is 4.70. The molecular weight excluding hydrogens is 230 g/mol. The van der Waals surface area contributed by atoms with Gasteiger partial charge in [-0.3, -0.25) is 4.68 Å². The number of methoxy groups -OCH3 is 1. The first kappa shape index (κ1) is 13.4. The van der Waals surface area contributed by atoms with E-state index in [4.69, 9.17) is 15.2 Å². The molecule has 0 saturated heterocycles. The van der Waals surface area contributed by atoms with Crippen LogP contribution in [0.15, 0.2) is 6.20 Å². The zero-order chi connectivity index (χ0) is 13.1. The fraction of sp³-hybridized carbons (Fsp3) is 0.769. The molecule has 0 spiro atoms. The molecule has 5 nitrogen and oxygen atoms in total. The zero-order valence-electron chi connectivity index (χ0n) is 11.4. The lowest BCUT2D eigenvalue weighted by Crippen LogP contribution is -2.33. The fourth-order valence-electron chi connectivity index (χ4n) is 2.43. The van der Waals surface area contributed by atoms with Crippen LogP contribution in [-0.4, -0.2) is 29.6 Å². The van der Waals surface area contributed by atoms with Crippen molar-refractivity contribution in [3.8, 4) is 5.75 Å². The summed E-state index contributed by atoms with van der Waals surface area (Å²) in [6, 6.07) is -0.171. The summed E-state index contributed by atoms with van der Waals surface area (Å²) in [5, 5.41) is 4.30. The summed E-state index contributed by atoms with van der Waals surface area (Å²) in [7, 11) is 1.65. The lowest BCUT2D eigenvalue weighted by atomic mass is 10.0. The van der Waals surface area contributed by atoms with Crippen LogP contribution in [0.2, 0.25) is 0 Å². The summed E-state index contributed by atoms with van der Waals surface area (Å²) >= 11 is 0. The summed E-state index contributed by atoms with van der Waals surface area (Å²) in [6.45, 7) is 5.54. The van der Waals surface area contributed by atoms with E-state index in [1.54, 1.807) is 13.3 Å². The highest BCUT2D eigenvalue weighted by Crippen LogP contribution is 2.40. The smallest absolute Gasteiger partial charge is 0.161 e. The number of aromatic nitrogens is 2. The van der Waals surface area contributed by atoms with Gasteiger partial charge in [-0.2, -0.15) is 5.10 Å². The van der Waals surface area contributed by atoms with Crippen molar-refractivity contribution in [1.29, 1.82) is 0 Å². The van der Waals surface area contributed by atoms with Crippen LogP contribution in [0.4, 0.5) is 0 Å². The third-order valence-corrected chi connectivity index (χ3v) is 3.48. The number of nitrogens with zero attached hydrogens (tertiary/aromatic N) is 2. The summed E-state index contributed by atoms with van der Waals surface area (Å²) in [5.41, 5.74) is 7.35. The van der Waals surface area contributed by atoms with Crippen molar-refractivity contribution in [2.24, 2.45) is 11.7 Å². The number of rotatable bonds is 7. The van der Waals surface area contributed by atoms with Crippen molar-refractivity contribution in [2.45, 2.75) is 45.4 Å². The van der Waals surface area contributed by atoms with Gasteiger partial charge in [0.2, 0.25) is 0 Å². The quantitative estimate of drug-likeness (QED) is 0.803. The van der Waals surface area contributed by atoms with E-state index < -0.39 is 0 Å². The van der Waals surface area contributed by atoms with Crippen LogP contribution in [0.3, 0.4) is 0 Å². The minimum Gasteiger partial charge on any atom is -0.493 e. The van der Waals surface area contributed by atoms with Crippen molar-refractivity contribution in [1.82, 2.24) is 9.78 Å². The molecular formula is C13H23N3O2. The van der Waals surface area contributed by atoms with Crippen LogP contribution < -0.4 is 10.5 Å².